The predicted molar refractivity (Wildman–Crippen MR) is 151 cm³/mol. The van der Waals surface area contributed by atoms with Gasteiger partial charge in [-0.2, -0.15) is 0 Å². The maximum Gasteiger partial charge on any atom is 0.303 e. The van der Waals surface area contributed by atoms with Crippen molar-refractivity contribution in [1.82, 2.24) is 0 Å². The Morgan fingerprint density at radius 2 is 1.79 bits per heavy atom. The minimum absolute atomic E-state index is 0.0531. The molecule has 2 fully saturated rings. The zero-order valence-corrected chi connectivity index (χ0v) is 22.7. The fraction of sp³-hybridized carbons (Fsp3) is 0.412. The highest BCUT2D eigenvalue weighted by atomic mass is 16.5. The van der Waals surface area contributed by atoms with Gasteiger partial charge in [0.15, 0.2) is 5.78 Å². The SMILES string of the molecule is CC(=O)c1cccc(-c2ccc(COc3cccc([C@H](CC(=O)O)C4CC4)c3)cc2[C@@H]2CCCC2(C)C)c1. The van der Waals surface area contributed by atoms with Crippen LogP contribution in [0.1, 0.15) is 98.2 Å². The van der Waals surface area contributed by atoms with E-state index in [2.05, 4.69) is 38.1 Å². The fourth-order valence-corrected chi connectivity index (χ4v) is 6.31. The lowest BCUT2D eigenvalue weighted by atomic mass is 9.75. The number of ether oxygens (including phenoxy) is 1. The minimum atomic E-state index is -0.746. The first-order valence-electron chi connectivity index (χ1n) is 13.9. The van der Waals surface area contributed by atoms with Gasteiger partial charge < -0.3 is 9.84 Å². The van der Waals surface area contributed by atoms with Gasteiger partial charge in [-0.05, 0) is 102 Å². The van der Waals surface area contributed by atoms with Crippen molar-refractivity contribution in [3.05, 3.63) is 89.0 Å². The number of carbonyl (C=O) groups is 2. The van der Waals surface area contributed by atoms with Gasteiger partial charge in [0.1, 0.15) is 12.4 Å². The summed E-state index contributed by atoms with van der Waals surface area (Å²) in [5.41, 5.74) is 6.73. The van der Waals surface area contributed by atoms with Crippen LogP contribution in [-0.4, -0.2) is 16.9 Å². The van der Waals surface area contributed by atoms with Crippen LogP contribution >= 0.6 is 0 Å². The van der Waals surface area contributed by atoms with Crippen LogP contribution in [0.25, 0.3) is 11.1 Å². The van der Waals surface area contributed by atoms with E-state index < -0.39 is 5.97 Å². The molecule has 0 bridgehead atoms. The molecule has 2 aliphatic carbocycles. The number of carbonyl (C=O) groups excluding carboxylic acids is 1. The third-order valence-electron chi connectivity index (χ3n) is 8.61. The van der Waals surface area contributed by atoms with E-state index in [-0.39, 0.29) is 23.5 Å². The Kier molecular flexibility index (Phi) is 7.43. The molecule has 4 nitrogen and oxygen atoms in total. The number of hydrogen-bond donors (Lipinski definition) is 1. The van der Waals surface area contributed by atoms with E-state index in [4.69, 9.17) is 4.74 Å². The molecular formula is C34H38O4. The van der Waals surface area contributed by atoms with Gasteiger partial charge in [0, 0.05) is 5.56 Å². The van der Waals surface area contributed by atoms with Crippen LogP contribution in [-0.2, 0) is 11.4 Å². The molecule has 0 amide bonds. The van der Waals surface area contributed by atoms with Crippen molar-refractivity contribution < 1.29 is 19.4 Å². The number of rotatable bonds is 10. The molecule has 0 unspecified atom stereocenters. The summed E-state index contributed by atoms with van der Waals surface area (Å²) in [6, 6.07) is 22.6. The molecule has 3 aromatic carbocycles. The second-order valence-corrected chi connectivity index (χ2v) is 11.9. The molecule has 0 heterocycles. The van der Waals surface area contributed by atoms with Gasteiger partial charge in [-0.1, -0.05) is 68.8 Å². The molecule has 3 aromatic rings. The summed E-state index contributed by atoms with van der Waals surface area (Å²) in [6.07, 6.45) is 5.95. The molecule has 0 radical (unpaired) electrons. The summed E-state index contributed by atoms with van der Waals surface area (Å²) < 4.78 is 6.26. The van der Waals surface area contributed by atoms with E-state index in [1.165, 1.54) is 24.0 Å². The van der Waals surface area contributed by atoms with Crippen molar-refractivity contribution in [3.8, 4) is 16.9 Å². The Morgan fingerprint density at radius 3 is 2.47 bits per heavy atom. The Hall–Kier alpha value is -3.40. The molecule has 0 aliphatic heterocycles. The number of aliphatic carboxylic acids is 1. The summed E-state index contributed by atoms with van der Waals surface area (Å²) in [5, 5.41) is 9.39. The third-order valence-corrected chi connectivity index (χ3v) is 8.61. The van der Waals surface area contributed by atoms with Crippen LogP contribution in [0.2, 0.25) is 0 Å². The quantitative estimate of drug-likeness (QED) is 0.278. The Bertz CT molecular complexity index is 1330. The van der Waals surface area contributed by atoms with E-state index in [1.807, 2.05) is 42.5 Å². The molecule has 4 heteroatoms. The average molecular weight is 511 g/mol. The smallest absolute Gasteiger partial charge is 0.303 e. The number of Topliss-reactive ketones (excluding diaryl/α,β-unsaturated/α-hetero) is 1. The third kappa shape index (κ3) is 5.85. The molecular weight excluding hydrogens is 472 g/mol. The van der Waals surface area contributed by atoms with Crippen molar-refractivity contribution in [3.63, 3.8) is 0 Å². The van der Waals surface area contributed by atoms with Crippen LogP contribution in [0, 0.1) is 11.3 Å². The highest BCUT2D eigenvalue weighted by Gasteiger charge is 2.37. The zero-order chi connectivity index (χ0) is 26.9. The largest absolute Gasteiger partial charge is 0.489 e. The van der Waals surface area contributed by atoms with E-state index in [1.54, 1.807) is 6.92 Å². The van der Waals surface area contributed by atoms with Gasteiger partial charge in [0.25, 0.3) is 0 Å². The molecule has 0 spiro atoms. The summed E-state index contributed by atoms with van der Waals surface area (Å²) in [4.78, 5) is 23.5. The second kappa shape index (κ2) is 10.8. The molecule has 38 heavy (non-hydrogen) atoms. The first kappa shape index (κ1) is 26.2. The van der Waals surface area contributed by atoms with Crippen molar-refractivity contribution >= 4 is 11.8 Å². The normalized spacial score (nSPS) is 19.2. The highest BCUT2D eigenvalue weighted by molar-refractivity contribution is 5.95. The molecule has 2 saturated carbocycles. The standard InChI is InChI=1S/C34H38O4/c1-22(35)25-7-4-8-26(18-25)29-15-12-23(17-31(29)32-11-6-16-34(32,2)3)21-38-28-10-5-9-27(19-28)30(20-33(36)37)24-13-14-24/h4-5,7-10,12,15,17-19,24,30,32H,6,11,13-14,16,20-21H2,1-3H3,(H,36,37)/t30-,32+/m1/s1. The Morgan fingerprint density at radius 1 is 1.00 bits per heavy atom. The molecule has 2 aliphatic rings. The molecule has 198 valence electrons. The first-order valence-corrected chi connectivity index (χ1v) is 13.9. The van der Waals surface area contributed by atoms with E-state index in [0.29, 0.717) is 18.4 Å². The van der Waals surface area contributed by atoms with E-state index >= 15 is 0 Å². The van der Waals surface area contributed by atoms with Crippen molar-refractivity contribution in [1.29, 1.82) is 0 Å². The van der Waals surface area contributed by atoms with E-state index in [9.17, 15) is 14.7 Å². The zero-order valence-electron chi connectivity index (χ0n) is 22.7. The maximum atomic E-state index is 12.1. The monoisotopic (exact) mass is 510 g/mol. The van der Waals surface area contributed by atoms with Crippen LogP contribution in [0.3, 0.4) is 0 Å². The van der Waals surface area contributed by atoms with Gasteiger partial charge in [-0.15, -0.1) is 0 Å². The Labute approximate surface area is 226 Å². The highest BCUT2D eigenvalue weighted by Crippen LogP contribution is 2.51. The molecule has 5 rings (SSSR count). The maximum absolute atomic E-state index is 12.1. The fourth-order valence-electron chi connectivity index (χ4n) is 6.31. The van der Waals surface area contributed by atoms with Gasteiger partial charge >= 0.3 is 5.97 Å². The lowest BCUT2D eigenvalue weighted by Crippen LogP contribution is -2.16. The number of hydrogen-bond acceptors (Lipinski definition) is 3. The predicted octanol–water partition coefficient (Wildman–Crippen LogP) is 8.40. The average Bonchev–Trinajstić information content (AvgIpc) is 3.68. The molecule has 2 atom stereocenters. The lowest BCUT2D eigenvalue weighted by molar-refractivity contribution is -0.137. The van der Waals surface area contributed by atoms with Crippen molar-refractivity contribution in [2.75, 3.05) is 0 Å². The van der Waals surface area contributed by atoms with E-state index in [0.717, 1.165) is 47.3 Å². The van der Waals surface area contributed by atoms with Crippen molar-refractivity contribution in [2.45, 2.75) is 77.7 Å². The summed E-state index contributed by atoms with van der Waals surface area (Å²) in [7, 11) is 0. The lowest BCUT2D eigenvalue weighted by Gasteiger charge is -2.30. The first-order chi connectivity index (χ1) is 18.2. The van der Waals surface area contributed by atoms with Gasteiger partial charge in [0.05, 0.1) is 6.42 Å². The molecule has 0 aromatic heterocycles. The topological polar surface area (TPSA) is 63.6 Å². The number of carboxylic acid groups (broad SMARTS) is 1. The van der Waals surface area contributed by atoms with Crippen LogP contribution in [0.15, 0.2) is 66.7 Å². The van der Waals surface area contributed by atoms with Gasteiger partial charge in [0.2, 0.25) is 0 Å². The van der Waals surface area contributed by atoms with Crippen molar-refractivity contribution in [2.24, 2.45) is 11.3 Å². The van der Waals surface area contributed by atoms with Crippen LogP contribution in [0.5, 0.6) is 5.75 Å². The minimum Gasteiger partial charge on any atom is -0.489 e. The number of benzene rings is 3. The Balaban J connectivity index is 1.42. The summed E-state index contributed by atoms with van der Waals surface area (Å²) in [6.45, 7) is 6.79. The molecule has 1 N–H and O–H groups in total. The number of carboxylic acids is 1. The van der Waals surface area contributed by atoms with Gasteiger partial charge in [-0.25, -0.2) is 0 Å². The number of ketones is 1. The van der Waals surface area contributed by atoms with Gasteiger partial charge in [-0.3, -0.25) is 9.59 Å². The summed E-state index contributed by atoms with van der Waals surface area (Å²) in [5.74, 6) is 1.07. The van der Waals surface area contributed by atoms with Crippen LogP contribution in [0.4, 0.5) is 0 Å². The summed E-state index contributed by atoms with van der Waals surface area (Å²) >= 11 is 0. The second-order valence-electron chi connectivity index (χ2n) is 11.9. The van der Waals surface area contributed by atoms with Crippen LogP contribution < -0.4 is 4.74 Å². The molecule has 0 saturated heterocycles.